The third-order valence-corrected chi connectivity index (χ3v) is 2.97. The van der Waals surface area contributed by atoms with E-state index in [0.29, 0.717) is 6.61 Å². The molecule has 0 saturated carbocycles. The van der Waals surface area contributed by atoms with Gasteiger partial charge in [0.2, 0.25) is 0 Å². The zero-order valence-electron chi connectivity index (χ0n) is 11.2. The van der Waals surface area contributed by atoms with Crippen molar-refractivity contribution in [2.24, 2.45) is 7.05 Å². The van der Waals surface area contributed by atoms with Crippen LogP contribution >= 0.6 is 11.6 Å². The molecule has 0 aliphatic carbocycles. The molecule has 0 amide bonds. The first kappa shape index (κ1) is 13.9. The second-order valence-electron chi connectivity index (χ2n) is 4.30. The lowest BCUT2D eigenvalue weighted by molar-refractivity contribution is 0.296. The van der Waals surface area contributed by atoms with Crippen molar-refractivity contribution in [2.75, 3.05) is 6.54 Å². The maximum Gasteiger partial charge on any atom is 0.132 e. The van der Waals surface area contributed by atoms with Gasteiger partial charge in [-0.1, -0.05) is 18.5 Å². The fourth-order valence-corrected chi connectivity index (χ4v) is 1.97. The van der Waals surface area contributed by atoms with Gasteiger partial charge in [-0.2, -0.15) is 5.10 Å². The number of rotatable bonds is 6. The van der Waals surface area contributed by atoms with E-state index in [9.17, 15) is 0 Å². The summed E-state index contributed by atoms with van der Waals surface area (Å²) in [5.41, 5.74) is 1.97. The number of hydrogen-bond donors (Lipinski definition) is 1. The number of hydrogen-bond acceptors (Lipinski definition) is 3. The lowest BCUT2D eigenvalue weighted by Gasteiger charge is -2.11. The van der Waals surface area contributed by atoms with E-state index in [1.54, 1.807) is 4.68 Å². The molecule has 102 valence electrons. The fourth-order valence-electron chi connectivity index (χ4n) is 1.78. The molecule has 0 unspecified atom stereocenters. The number of nitrogens with one attached hydrogen (secondary N) is 1. The largest absolute Gasteiger partial charge is 0.487 e. The number of halogens is 1. The molecule has 0 bridgehead atoms. The number of ether oxygens (including phenoxy) is 1. The van der Waals surface area contributed by atoms with Crippen LogP contribution in [-0.2, 0) is 20.2 Å². The van der Waals surface area contributed by atoms with Crippen LogP contribution in [0, 0.1) is 0 Å². The van der Waals surface area contributed by atoms with Gasteiger partial charge in [-0.3, -0.25) is 4.68 Å². The molecular weight excluding hydrogens is 262 g/mol. The summed E-state index contributed by atoms with van der Waals surface area (Å²) in [7, 11) is 1.89. The van der Waals surface area contributed by atoms with Crippen LogP contribution < -0.4 is 10.1 Å². The van der Waals surface area contributed by atoms with E-state index < -0.39 is 0 Å². The Morgan fingerprint density at radius 2 is 2.21 bits per heavy atom. The predicted molar refractivity (Wildman–Crippen MR) is 76.4 cm³/mol. The van der Waals surface area contributed by atoms with Gasteiger partial charge >= 0.3 is 0 Å². The van der Waals surface area contributed by atoms with Crippen molar-refractivity contribution >= 4 is 11.6 Å². The summed E-state index contributed by atoms with van der Waals surface area (Å²) < 4.78 is 7.58. The molecule has 0 atom stereocenters. The standard InChI is InChI=1S/C14H18ClN3O/c1-3-16-9-11-8-12(15)4-5-14(11)19-10-13-6-7-18(2)17-13/h4-8,16H,3,9-10H2,1-2H3. The fraction of sp³-hybridized carbons (Fsp3) is 0.357. The molecule has 0 aliphatic rings. The van der Waals surface area contributed by atoms with Crippen molar-refractivity contribution < 1.29 is 4.74 Å². The van der Waals surface area contributed by atoms with Gasteiger partial charge < -0.3 is 10.1 Å². The van der Waals surface area contributed by atoms with E-state index in [1.807, 2.05) is 37.5 Å². The Labute approximate surface area is 118 Å². The Bertz CT molecular complexity index is 539. The molecule has 19 heavy (non-hydrogen) atoms. The Morgan fingerprint density at radius 1 is 1.37 bits per heavy atom. The summed E-state index contributed by atoms with van der Waals surface area (Å²) in [4.78, 5) is 0. The number of aryl methyl sites for hydroxylation is 1. The highest BCUT2D eigenvalue weighted by molar-refractivity contribution is 6.30. The molecule has 0 saturated heterocycles. The van der Waals surface area contributed by atoms with Gasteiger partial charge in [0.1, 0.15) is 12.4 Å². The lowest BCUT2D eigenvalue weighted by atomic mass is 10.2. The Kier molecular flexibility index (Phi) is 4.82. The normalized spacial score (nSPS) is 10.7. The second-order valence-corrected chi connectivity index (χ2v) is 4.74. The molecule has 0 aliphatic heterocycles. The van der Waals surface area contributed by atoms with Crippen LogP contribution in [-0.4, -0.2) is 16.3 Å². The topological polar surface area (TPSA) is 39.1 Å². The molecule has 0 fully saturated rings. The minimum atomic E-state index is 0.460. The minimum Gasteiger partial charge on any atom is -0.487 e. The van der Waals surface area contributed by atoms with Crippen LogP contribution in [0.2, 0.25) is 5.02 Å². The average molecular weight is 280 g/mol. The third-order valence-electron chi connectivity index (χ3n) is 2.73. The average Bonchev–Trinajstić information content (AvgIpc) is 2.81. The van der Waals surface area contributed by atoms with Crippen molar-refractivity contribution in [3.8, 4) is 5.75 Å². The second kappa shape index (κ2) is 6.59. The lowest BCUT2D eigenvalue weighted by Crippen LogP contribution is -2.13. The zero-order valence-corrected chi connectivity index (χ0v) is 11.9. The summed E-state index contributed by atoms with van der Waals surface area (Å²) in [6.07, 6.45) is 1.90. The molecule has 5 heteroatoms. The predicted octanol–water partition coefficient (Wildman–Crippen LogP) is 2.76. The first-order chi connectivity index (χ1) is 9.19. The van der Waals surface area contributed by atoms with E-state index >= 15 is 0 Å². The van der Waals surface area contributed by atoms with E-state index in [1.165, 1.54) is 0 Å². The van der Waals surface area contributed by atoms with E-state index in [-0.39, 0.29) is 0 Å². The molecule has 1 N–H and O–H groups in total. The first-order valence-corrected chi connectivity index (χ1v) is 6.67. The van der Waals surface area contributed by atoms with Crippen molar-refractivity contribution in [1.29, 1.82) is 0 Å². The molecule has 4 nitrogen and oxygen atoms in total. The van der Waals surface area contributed by atoms with E-state index in [4.69, 9.17) is 16.3 Å². The number of nitrogens with zero attached hydrogens (tertiary/aromatic N) is 2. The summed E-state index contributed by atoms with van der Waals surface area (Å²) >= 11 is 6.02. The van der Waals surface area contributed by atoms with Gasteiger partial charge in [0.05, 0.1) is 5.69 Å². The Morgan fingerprint density at radius 3 is 2.89 bits per heavy atom. The molecule has 0 spiro atoms. The molecule has 1 aromatic heterocycles. The summed E-state index contributed by atoms with van der Waals surface area (Å²) in [6, 6.07) is 7.61. The highest BCUT2D eigenvalue weighted by Gasteiger charge is 2.06. The smallest absolute Gasteiger partial charge is 0.132 e. The molecular formula is C14H18ClN3O. The van der Waals surface area contributed by atoms with Crippen LogP contribution in [0.4, 0.5) is 0 Å². The van der Waals surface area contributed by atoms with Gasteiger partial charge in [0.25, 0.3) is 0 Å². The van der Waals surface area contributed by atoms with Crippen LogP contribution in [0.15, 0.2) is 30.5 Å². The van der Waals surface area contributed by atoms with Crippen LogP contribution in [0.1, 0.15) is 18.2 Å². The van der Waals surface area contributed by atoms with Gasteiger partial charge in [-0.15, -0.1) is 0 Å². The highest BCUT2D eigenvalue weighted by Crippen LogP contribution is 2.23. The Balaban J connectivity index is 2.05. The van der Waals surface area contributed by atoms with Gasteiger partial charge in [-0.25, -0.2) is 0 Å². The first-order valence-electron chi connectivity index (χ1n) is 6.29. The SMILES string of the molecule is CCNCc1cc(Cl)ccc1OCc1ccn(C)n1. The summed E-state index contributed by atoms with van der Waals surface area (Å²) in [5, 5.41) is 8.28. The molecule has 0 radical (unpaired) electrons. The molecule has 2 aromatic rings. The monoisotopic (exact) mass is 279 g/mol. The molecule has 1 heterocycles. The van der Waals surface area contributed by atoms with E-state index in [0.717, 1.165) is 35.1 Å². The summed E-state index contributed by atoms with van der Waals surface area (Å²) in [5.74, 6) is 0.844. The van der Waals surface area contributed by atoms with Crippen molar-refractivity contribution in [3.05, 3.63) is 46.7 Å². The van der Waals surface area contributed by atoms with Crippen LogP contribution in [0.25, 0.3) is 0 Å². The number of aromatic nitrogens is 2. The summed E-state index contributed by atoms with van der Waals surface area (Å²) in [6.45, 7) is 4.18. The van der Waals surface area contributed by atoms with Crippen molar-refractivity contribution in [1.82, 2.24) is 15.1 Å². The van der Waals surface area contributed by atoms with E-state index in [2.05, 4.69) is 17.3 Å². The van der Waals surface area contributed by atoms with Gasteiger partial charge in [-0.05, 0) is 30.8 Å². The highest BCUT2D eigenvalue weighted by atomic mass is 35.5. The van der Waals surface area contributed by atoms with Gasteiger partial charge in [0.15, 0.2) is 0 Å². The van der Waals surface area contributed by atoms with Crippen molar-refractivity contribution in [3.63, 3.8) is 0 Å². The minimum absolute atomic E-state index is 0.460. The Hall–Kier alpha value is -1.52. The maximum atomic E-state index is 6.02. The van der Waals surface area contributed by atoms with Crippen molar-refractivity contribution in [2.45, 2.75) is 20.1 Å². The quantitative estimate of drug-likeness (QED) is 0.884. The molecule has 2 rings (SSSR count). The zero-order chi connectivity index (χ0) is 13.7. The van der Waals surface area contributed by atoms with Crippen LogP contribution in [0.5, 0.6) is 5.75 Å². The third kappa shape index (κ3) is 3.98. The molecule has 1 aromatic carbocycles. The maximum absolute atomic E-state index is 6.02. The number of benzene rings is 1. The van der Waals surface area contributed by atoms with Crippen LogP contribution in [0.3, 0.4) is 0 Å². The van der Waals surface area contributed by atoms with Gasteiger partial charge in [0, 0.05) is 30.4 Å².